The minimum atomic E-state index is -0.0109. The molecule has 1 amide bonds. The zero-order chi connectivity index (χ0) is 16.4. The van der Waals surface area contributed by atoms with Crippen molar-refractivity contribution in [1.29, 1.82) is 0 Å². The van der Waals surface area contributed by atoms with E-state index in [4.69, 9.17) is 0 Å². The van der Waals surface area contributed by atoms with Gasteiger partial charge in [-0.1, -0.05) is 15.9 Å². The van der Waals surface area contributed by atoms with Crippen LogP contribution in [0.3, 0.4) is 0 Å². The Morgan fingerprint density at radius 3 is 2.43 bits per heavy atom. The van der Waals surface area contributed by atoms with Crippen LogP contribution in [0.25, 0.3) is 0 Å². The molecule has 1 saturated heterocycles. The van der Waals surface area contributed by atoms with Crippen LogP contribution in [-0.2, 0) is 4.79 Å². The summed E-state index contributed by atoms with van der Waals surface area (Å²) in [6.45, 7) is 5.24. The Morgan fingerprint density at radius 2 is 1.87 bits per heavy atom. The number of hydrogen-bond acceptors (Lipinski definition) is 2. The zero-order valence-corrected chi connectivity index (χ0v) is 16.5. The van der Waals surface area contributed by atoms with Crippen LogP contribution in [0, 0.1) is 11.3 Å². The molecule has 0 aromatic heterocycles. The summed E-state index contributed by atoms with van der Waals surface area (Å²) in [7, 11) is 0. The summed E-state index contributed by atoms with van der Waals surface area (Å²) in [5.74, 6) is 2.38. The number of carbonyl (C=O) groups is 1. The monoisotopic (exact) mass is 395 g/mol. The van der Waals surface area contributed by atoms with Crippen molar-refractivity contribution in [3.05, 3.63) is 28.7 Å². The molecule has 1 aliphatic carbocycles. The van der Waals surface area contributed by atoms with Gasteiger partial charge in [-0.05, 0) is 76.1 Å². The maximum atomic E-state index is 12.8. The number of amides is 1. The second-order valence-corrected chi connectivity index (χ2v) is 9.34. The van der Waals surface area contributed by atoms with Crippen LogP contribution in [0.4, 0.5) is 0 Å². The molecule has 1 heterocycles. The van der Waals surface area contributed by atoms with Gasteiger partial charge in [0.1, 0.15) is 0 Å². The van der Waals surface area contributed by atoms with E-state index in [1.807, 2.05) is 11.8 Å². The molecule has 2 aliphatic rings. The third-order valence-corrected chi connectivity index (χ3v) is 7.30. The molecule has 1 aliphatic heterocycles. The third-order valence-electron chi connectivity index (χ3n) is 5.53. The average molecular weight is 396 g/mol. The van der Waals surface area contributed by atoms with E-state index in [9.17, 15) is 4.79 Å². The SMILES string of the molecule is CC(C)N1CCC2(CCC(CSc3ccc(Br)cc3)CC2)C1=O. The number of rotatable bonds is 4. The predicted molar refractivity (Wildman–Crippen MR) is 101 cm³/mol. The molecule has 4 heteroatoms. The van der Waals surface area contributed by atoms with Crippen LogP contribution < -0.4 is 0 Å². The van der Waals surface area contributed by atoms with Crippen molar-refractivity contribution >= 4 is 33.6 Å². The van der Waals surface area contributed by atoms with Crippen molar-refractivity contribution in [3.8, 4) is 0 Å². The summed E-state index contributed by atoms with van der Waals surface area (Å²) in [6.07, 6.45) is 5.69. The Bertz CT molecular complexity index is 549. The fourth-order valence-corrected chi connectivity index (χ4v) is 5.30. The number of hydrogen-bond donors (Lipinski definition) is 0. The molecule has 0 bridgehead atoms. The van der Waals surface area contributed by atoms with Gasteiger partial charge in [-0.2, -0.15) is 0 Å². The van der Waals surface area contributed by atoms with Gasteiger partial charge in [-0.3, -0.25) is 4.79 Å². The largest absolute Gasteiger partial charge is 0.340 e. The maximum Gasteiger partial charge on any atom is 0.229 e. The molecule has 1 spiro atoms. The van der Waals surface area contributed by atoms with Crippen LogP contribution in [0.1, 0.15) is 46.0 Å². The van der Waals surface area contributed by atoms with Crippen molar-refractivity contribution in [2.75, 3.05) is 12.3 Å². The minimum absolute atomic E-state index is 0.0109. The lowest BCUT2D eigenvalue weighted by Gasteiger charge is -2.36. The highest BCUT2D eigenvalue weighted by molar-refractivity contribution is 9.10. The fourth-order valence-electron chi connectivity index (χ4n) is 3.95. The van der Waals surface area contributed by atoms with E-state index < -0.39 is 0 Å². The van der Waals surface area contributed by atoms with Crippen molar-refractivity contribution in [3.63, 3.8) is 0 Å². The van der Waals surface area contributed by atoms with Crippen molar-refractivity contribution in [2.45, 2.75) is 56.9 Å². The summed E-state index contributed by atoms with van der Waals surface area (Å²) < 4.78 is 1.14. The molecule has 1 aromatic carbocycles. The Labute approximate surface area is 152 Å². The first-order valence-corrected chi connectivity index (χ1v) is 10.5. The van der Waals surface area contributed by atoms with Gasteiger partial charge in [0.15, 0.2) is 0 Å². The highest BCUT2D eigenvalue weighted by Crippen LogP contribution is 2.47. The maximum absolute atomic E-state index is 12.8. The summed E-state index contributed by atoms with van der Waals surface area (Å²) in [5.41, 5.74) is -0.0109. The first-order valence-electron chi connectivity index (χ1n) is 8.70. The number of benzene rings is 1. The Balaban J connectivity index is 1.51. The van der Waals surface area contributed by atoms with E-state index in [1.54, 1.807) is 0 Å². The van der Waals surface area contributed by atoms with Crippen LogP contribution in [0.2, 0.25) is 0 Å². The third kappa shape index (κ3) is 3.79. The molecule has 1 aromatic rings. The smallest absolute Gasteiger partial charge is 0.229 e. The molecular weight excluding hydrogens is 370 g/mol. The molecule has 0 N–H and O–H groups in total. The standard InChI is InChI=1S/C19H26BrNOS/c1-14(2)21-12-11-19(18(21)22)9-7-15(8-10-19)13-23-17-5-3-16(20)4-6-17/h3-6,14-15H,7-13H2,1-2H3. The first-order chi connectivity index (χ1) is 11.0. The van der Waals surface area contributed by atoms with Gasteiger partial charge >= 0.3 is 0 Å². The Morgan fingerprint density at radius 1 is 1.22 bits per heavy atom. The summed E-state index contributed by atoms with van der Waals surface area (Å²) in [4.78, 5) is 16.2. The van der Waals surface area contributed by atoms with Crippen LogP contribution >= 0.6 is 27.7 Å². The molecule has 126 valence electrons. The van der Waals surface area contributed by atoms with E-state index in [1.165, 1.54) is 23.5 Å². The van der Waals surface area contributed by atoms with E-state index in [2.05, 4.69) is 58.9 Å². The van der Waals surface area contributed by atoms with E-state index in [0.29, 0.717) is 11.9 Å². The normalized spacial score (nSPS) is 28.1. The van der Waals surface area contributed by atoms with Crippen LogP contribution in [0.15, 0.2) is 33.6 Å². The predicted octanol–water partition coefficient (Wildman–Crippen LogP) is 5.36. The van der Waals surface area contributed by atoms with Gasteiger partial charge in [0, 0.05) is 27.7 Å². The Hall–Kier alpha value is -0.480. The lowest BCUT2D eigenvalue weighted by Crippen LogP contribution is -2.40. The Kier molecular flexibility index (Phi) is 5.42. The highest BCUT2D eigenvalue weighted by atomic mass is 79.9. The van der Waals surface area contributed by atoms with Crippen LogP contribution in [0.5, 0.6) is 0 Å². The topological polar surface area (TPSA) is 20.3 Å². The lowest BCUT2D eigenvalue weighted by molar-refractivity contribution is -0.139. The van der Waals surface area contributed by atoms with E-state index in [-0.39, 0.29) is 5.41 Å². The quantitative estimate of drug-likeness (QED) is 0.639. The number of thioether (sulfide) groups is 1. The van der Waals surface area contributed by atoms with Gasteiger partial charge in [-0.25, -0.2) is 0 Å². The summed E-state index contributed by atoms with van der Waals surface area (Å²) in [5, 5.41) is 0. The molecule has 0 atom stereocenters. The molecule has 2 fully saturated rings. The van der Waals surface area contributed by atoms with Gasteiger partial charge in [0.05, 0.1) is 5.41 Å². The summed E-state index contributed by atoms with van der Waals surface area (Å²) >= 11 is 5.44. The fraction of sp³-hybridized carbons (Fsp3) is 0.632. The minimum Gasteiger partial charge on any atom is -0.340 e. The molecule has 0 radical (unpaired) electrons. The van der Waals surface area contributed by atoms with Gasteiger partial charge < -0.3 is 4.90 Å². The van der Waals surface area contributed by atoms with Crippen molar-refractivity contribution in [2.24, 2.45) is 11.3 Å². The number of halogens is 1. The second-order valence-electron chi connectivity index (χ2n) is 7.33. The second kappa shape index (κ2) is 7.18. The molecular formula is C19H26BrNOS. The van der Waals surface area contributed by atoms with Crippen molar-refractivity contribution < 1.29 is 4.79 Å². The van der Waals surface area contributed by atoms with Crippen LogP contribution in [-0.4, -0.2) is 29.1 Å². The number of nitrogens with zero attached hydrogens (tertiary/aromatic N) is 1. The first kappa shape index (κ1) is 17.3. The lowest BCUT2D eigenvalue weighted by atomic mass is 9.70. The molecule has 3 rings (SSSR count). The van der Waals surface area contributed by atoms with Gasteiger partial charge in [0.2, 0.25) is 5.91 Å². The zero-order valence-electron chi connectivity index (χ0n) is 14.1. The number of likely N-dealkylation sites (tertiary alicyclic amines) is 1. The molecule has 2 nitrogen and oxygen atoms in total. The molecule has 0 unspecified atom stereocenters. The summed E-state index contributed by atoms with van der Waals surface area (Å²) in [6, 6.07) is 8.93. The van der Waals surface area contributed by atoms with E-state index in [0.717, 1.165) is 36.2 Å². The average Bonchev–Trinajstić information content (AvgIpc) is 2.86. The van der Waals surface area contributed by atoms with E-state index >= 15 is 0 Å². The van der Waals surface area contributed by atoms with Gasteiger partial charge in [0.25, 0.3) is 0 Å². The highest BCUT2D eigenvalue weighted by Gasteiger charge is 2.48. The number of carbonyl (C=O) groups excluding carboxylic acids is 1. The molecule has 23 heavy (non-hydrogen) atoms. The van der Waals surface area contributed by atoms with Crippen molar-refractivity contribution in [1.82, 2.24) is 4.90 Å². The van der Waals surface area contributed by atoms with Gasteiger partial charge in [-0.15, -0.1) is 11.8 Å². The molecule has 1 saturated carbocycles.